The summed E-state index contributed by atoms with van der Waals surface area (Å²) in [6.07, 6.45) is -1.84. The summed E-state index contributed by atoms with van der Waals surface area (Å²) >= 11 is 0. The second-order valence-electron chi connectivity index (χ2n) is 10.4. The van der Waals surface area contributed by atoms with Crippen LogP contribution in [0.1, 0.15) is 31.2 Å². The molecular weight excluding hydrogens is 514 g/mol. The van der Waals surface area contributed by atoms with Crippen LogP contribution in [0.15, 0.2) is 71.8 Å². The molecule has 3 heterocycles. The molecule has 0 saturated carbocycles. The molecule has 1 aliphatic rings. The van der Waals surface area contributed by atoms with Crippen molar-refractivity contribution in [1.29, 1.82) is 0 Å². The summed E-state index contributed by atoms with van der Waals surface area (Å²) in [5.41, 5.74) is 0.382. The molecule has 0 bridgehead atoms. The van der Waals surface area contributed by atoms with Crippen LogP contribution in [0, 0.1) is 5.92 Å². The number of ether oxygens (including phenoxy) is 3. The average molecular weight is 550 g/mol. The highest BCUT2D eigenvalue weighted by atomic mass is 16.6. The lowest BCUT2D eigenvalue weighted by Crippen LogP contribution is -2.51. The molecule has 0 amide bonds. The molecule has 0 aliphatic carbocycles. The van der Waals surface area contributed by atoms with Crippen LogP contribution < -0.4 is 10.9 Å². The number of aromatic nitrogens is 4. The van der Waals surface area contributed by atoms with Gasteiger partial charge in [0.05, 0.1) is 32.8 Å². The van der Waals surface area contributed by atoms with Gasteiger partial charge < -0.3 is 29.7 Å². The van der Waals surface area contributed by atoms with Crippen LogP contribution in [0.4, 0.5) is 5.95 Å². The van der Waals surface area contributed by atoms with Gasteiger partial charge in [-0.1, -0.05) is 74.5 Å². The summed E-state index contributed by atoms with van der Waals surface area (Å²) in [6.45, 7) is 4.64. The third-order valence-electron chi connectivity index (χ3n) is 6.86. The minimum absolute atomic E-state index is 0.0484. The van der Waals surface area contributed by atoms with E-state index in [2.05, 4.69) is 20.3 Å². The predicted octanol–water partition coefficient (Wildman–Crippen LogP) is 2.61. The Morgan fingerprint density at radius 2 is 1.77 bits per heavy atom. The molecule has 0 radical (unpaired) electrons. The molecule has 4 N–H and O–H groups in total. The first kappa shape index (κ1) is 27.9. The van der Waals surface area contributed by atoms with Gasteiger partial charge in [-0.05, 0) is 17.0 Å². The number of nitrogens with one attached hydrogen (secondary N) is 2. The molecule has 4 aromatic rings. The van der Waals surface area contributed by atoms with Crippen molar-refractivity contribution in [3.05, 3.63) is 88.5 Å². The Kier molecular flexibility index (Phi) is 8.57. The standard InChI is InChI=1S/C29H35N5O6/c1-19(2)13-30-28-32-25-22(26(37)33-28)31-18-34(25)27-23(36)24(39-15-21-11-7-4-8-12-21)29(16-35,40-27)17-38-14-20-9-5-3-6-10-20/h3-12,18-19,23-24,27,35-36H,13-17H2,1-2H3,(H2,30,32,33,37)/t23-,24+,27-,29-/m1/s1. The van der Waals surface area contributed by atoms with Gasteiger partial charge in [-0.15, -0.1) is 0 Å². The van der Waals surface area contributed by atoms with Crippen LogP contribution in [0.25, 0.3) is 11.2 Å². The molecule has 1 aliphatic heterocycles. The Balaban J connectivity index is 1.45. The Morgan fingerprint density at radius 3 is 2.42 bits per heavy atom. The van der Waals surface area contributed by atoms with Crippen LogP contribution in [0.3, 0.4) is 0 Å². The first-order chi connectivity index (χ1) is 19.4. The monoisotopic (exact) mass is 549 g/mol. The van der Waals surface area contributed by atoms with E-state index in [0.717, 1.165) is 11.1 Å². The summed E-state index contributed by atoms with van der Waals surface area (Å²) < 4.78 is 20.1. The van der Waals surface area contributed by atoms with E-state index >= 15 is 0 Å². The molecule has 11 heteroatoms. The molecule has 0 spiro atoms. The Labute approximate surface area is 231 Å². The minimum atomic E-state index is -1.40. The fourth-order valence-corrected chi connectivity index (χ4v) is 4.77. The van der Waals surface area contributed by atoms with Crippen molar-refractivity contribution in [2.75, 3.05) is 25.1 Å². The van der Waals surface area contributed by atoms with E-state index in [4.69, 9.17) is 14.2 Å². The summed E-state index contributed by atoms with van der Waals surface area (Å²) in [4.78, 5) is 24.2. The maximum Gasteiger partial charge on any atom is 0.280 e. The van der Waals surface area contributed by atoms with Crippen molar-refractivity contribution in [3.8, 4) is 0 Å². The first-order valence-electron chi connectivity index (χ1n) is 13.3. The number of anilines is 1. The predicted molar refractivity (Wildman–Crippen MR) is 149 cm³/mol. The number of rotatable bonds is 12. The van der Waals surface area contributed by atoms with Gasteiger partial charge in [0.15, 0.2) is 17.4 Å². The topological polar surface area (TPSA) is 144 Å². The van der Waals surface area contributed by atoms with Gasteiger partial charge in [0.1, 0.15) is 17.8 Å². The number of fused-ring (bicyclic) bond motifs is 1. The van der Waals surface area contributed by atoms with E-state index in [-0.39, 0.29) is 36.9 Å². The minimum Gasteiger partial charge on any atom is -0.393 e. The fraction of sp³-hybridized carbons (Fsp3) is 0.414. The van der Waals surface area contributed by atoms with Crippen molar-refractivity contribution >= 4 is 17.1 Å². The maximum absolute atomic E-state index is 12.7. The highest BCUT2D eigenvalue weighted by Gasteiger charge is 2.56. The largest absolute Gasteiger partial charge is 0.393 e. The van der Waals surface area contributed by atoms with E-state index in [9.17, 15) is 15.0 Å². The molecule has 2 aromatic carbocycles. The van der Waals surface area contributed by atoms with Crippen molar-refractivity contribution < 1.29 is 24.4 Å². The molecule has 0 unspecified atom stereocenters. The molecule has 4 atom stereocenters. The molecule has 1 fully saturated rings. The summed E-state index contributed by atoms with van der Waals surface area (Å²) in [5.74, 6) is 0.617. The van der Waals surface area contributed by atoms with Gasteiger partial charge in [0, 0.05) is 6.54 Å². The third-order valence-corrected chi connectivity index (χ3v) is 6.86. The van der Waals surface area contributed by atoms with Crippen LogP contribution >= 0.6 is 0 Å². The number of nitrogens with zero attached hydrogens (tertiary/aromatic N) is 3. The quantitative estimate of drug-likeness (QED) is 0.210. The van der Waals surface area contributed by atoms with Crippen molar-refractivity contribution in [2.45, 2.75) is 51.1 Å². The summed E-state index contributed by atoms with van der Waals surface area (Å²) in [7, 11) is 0. The number of aromatic amines is 1. The number of imidazole rings is 1. The molecule has 5 rings (SSSR count). The van der Waals surface area contributed by atoms with Crippen molar-refractivity contribution in [2.24, 2.45) is 5.92 Å². The second kappa shape index (κ2) is 12.3. The van der Waals surface area contributed by atoms with Crippen LogP contribution in [-0.4, -0.2) is 67.3 Å². The molecule has 212 valence electrons. The normalized spacial score (nSPS) is 22.8. The van der Waals surface area contributed by atoms with Gasteiger partial charge in [-0.25, -0.2) is 4.98 Å². The lowest BCUT2D eigenvalue weighted by molar-refractivity contribution is -0.174. The van der Waals surface area contributed by atoms with E-state index in [1.165, 1.54) is 10.9 Å². The van der Waals surface area contributed by atoms with E-state index in [0.29, 0.717) is 12.5 Å². The highest BCUT2D eigenvalue weighted by Crippen LogP contribution is 2.40. The van der Waals surface area contributed by atoms with Crippen LogP contribution in [0.2, 0.25) is 0 Å². The number of benzene rings is 2. The van der Waals surface area contributed by atoms with Gasteiger partial charge in [0.25, 0.3) is 5.56 Å². The first-order valence-corrected chi connectivity index (χ1v) is 13.3. The fourth-order valence-electron chi connectivity index (χ4n) is 4.77. The molecular formula is C29H35N5O6. The van der Waals surface area contributed by atoms with Crippen LogP contribution in [0.5, 0.6) is 0 Å². The third kappa shape index (κ3) is 5.93. The zero-order valence-corrected chi connectivity index (χ0v) is 22.6. The second-order valence-corrected chi connectivity index (χ2v) is 10.4. The molecule has 2 aromatic heterocycles. The number of hydrogen-bond acceptors (Lipinski definition) is 9. The zero-order chi connectivity index (χ0) is 28.1. The Hall–Kier alpha value is -3.61. The van der Waals surface area contributed by atoms with E-state index < -0.39 is 36.2 Å². The Morgan fingerprint density at radius 1 is 1.10 bits per heavy atom. The van der Waals surface area contributed by atoms with Gasteiger partial charge >= 0.3 is 0 Å². The van der Waals surface area contributed by atoms with E-state index in [1.807, 2.05) is 74.5 Å². The Bertz CT molecular complexity index is 1440. The summed E-state index contributed by atoms with van der Waals surface area (Å²) in [6, 6.07) is 19.2. The number of aliphatic hydroxyl groups is 2. The number of H-pyrrole nitrogens is 1. The summed E-state index contributed by atoms with van der Waals surface area (Å²) in [5, 5.41) is 25.3. The molecule has 40 heavy (non-hydrogen) atoms. The lowest BCUT2D eigenvalue weighted by Gasteiger charge is -2.32. The van der Waals surface area contributed by atoms with Crippen molar-refractivity contribution in [3.63, 3.8) is 0 Å². The molecule has 11 nitrogen and oxygen atoms in total. The smallest absolute Gasteiger partial charge is 0.280 e. The number of hydrogen-bond donors (Lipinski definition) is 4. The van der Waals surface area contributed by atoms with Gasteiger partial charge in [-0.3, -0.25) is 14.3 Å². The van der Waals surface area contributed by atoms with Gasteiger partial charge in [0.2, 0.25) is 5.95 Å². The highest BCUT2D eigenvalue weighted by molar-refractivity contribution is 5.71. The van der Waals surface area contributed by atoms with Gasteiger partial charge in [-0.2, -0.15) is 4.98 Å². The maximum atomic E-state index is 12.7. The van der Waals surface area contributed by atoms with Crippen LogP contribution in [-0.2, 0) is 27.4 Å². The average Bonchev–Trinajstić information content (AvgIpc) is 3.51. The SMILES string of the molecule is CC(C)CNc1nc2c(ncn2[C@@H]2O[C@](CO)(COCc3ccccc3)[C@@H](OCc3ccccc3)[C@H]2O)c(=O)[nH]1. The zero-order valence-electron chi connectivity index (χ0n) is 22.6. The molecule has 1 saturated heterocycles. The lowest BCUT2D eigenvalue weighted by atomic mass is 9.96. The van der Waals surface area contributed by atoms with Crippen molar-refractivity contribution in [1.82, 2.24) is 19.5 Å². The number of aliphatic hydroxyl groups excluding tert-OH is 2. The van der Waals surface area contributed by atoms with E-state index in [1.54, 1.807) is 0 Å².